The average Bonchev–Trinajstić information content (AvgIpc) is 1.82. The Labute approximate surface area is 79.4 Å². The highest BCUT2D eigenvalue weighted by Crippen LogP contribution is 2.21. The van der Waals surface area contributed by atoms with Crippen LogP contribution in [0.1, 0.15) is 0 Å². The number of nitrogens with zero attached hydrogens (tertiary/aromatic N) is 6. The van der Waals surface area contributed by atoms with Gasteiger partial charge < -0.3 is 0 Å². The first-order valence-corrected chi connectivity index (χ1v) is 10.3. The van der Waals surface area contributed by atoms with Crippen molar-refractivity contribution in [2.75, 3.05) is 0 Å². The summed E-state index contributed by atoms with van der Waals surface area (Å²) in [5.41, 5.74) is 17.5. The van der Waals surface area contributed by atoms with Gasteiger partial charge in [-0.05, 0) is 20.9 Å². The van der Waals surface area contributed by atoms with Gasteiger partial charge in [-0.3, -0.25) is 0 Å². The molecule has 0 saturated carbocycles. The normalized spacial score (nSPS) is 11.4. The second kappa shape index (κ2) is 4.34. The van der Waals surface area contributed by atoms with E-state index in [4.69, 9.17) is 11.1 Å². The molecular weight excluding hydrogens is 200 g/mol. The minimum Gasteiger partial charge on any atom is -0.125 e. The van der Waals surface area contributed by atoms with Crippen LogP contribution in [0.4, 0.5) is 0 Å². The number of hydrogen-bond donors (Lipinski definition) is 0. The van der Waals surface area contributed by atoms with Gasteiger partial charge in [-0.15, -0.1) is 9.56 Å². The minimum atomic E-state index is -1.87. The Bertz CT molecular complexity index is 245. The summed E-state index contributed by atoms with van der Waals surface area (Å²) in [6.07, 6.45) is 0. The Balaban J connectivity index is 4.59. The molecule has 0 aliphatic heterocycles. The molecule has 0 aliphatic rings. The van der Waals surface area contributed by atoms with Crippen LogP contribution in [-0.4, -0.2) is 16.5 Å². The Morgan fingerprint density at radius 3 is 1.46 bits per heavy atom. The van der Waals surface area contributed by atoms with Gasteiger partial charge in [0.15, 0.2) is 0 Å². The van der Waals surface area contributed by atoms with Gasteiger partial charge in [0.1, 0.15) is 16.5 Å². The van der Waals surface area contributed by atoms with E-state index in [2.05, 4.69) is 19.4 Å². The molecule has 6 nitrogen and oxygen atoms in total. The zero-order chi connectivity index (χ0) is 10.5. The van der Waals surface area contributed by atoms with E-state index in [-0.39, 0.29) is 0 Å². The SMILES string of the molecule is C[Si](C)(C[Si](C)(C)N=[N+]=[N-])N=[N+]=[N-]. The van der Waals surface area contributed by atoms with E-state index >= 15 is 0 Å². The number of rotatable bonds is 4. The van der Waals surface area contributed by atoms with Crippen LogP contribution < -0.4 is 0 Å². The molecular formula is C5H14N6Si2. The maximum atomic E-state index is 8.33. The summed E-state index contributed by atoms with van der Waals surface area (Å²) in [5.74, 6) is 0. The third-order valence-corrected chi connectivity index (χ3v) is 9.68. The summed E-state index contributed by atoms with van der Waals surface area (Å²) >= 11 is 0. The highest BCUT2D eigenvalue weighted by molar-refractivity contribution is 6.93. The lowest BCUT2D eigenvalue weighted by molar-refractivity contribution is 1.38. The summed E-state index contributed by atoms with van der Waals surface area (Å²) in [4.78, 5) is 5.65. The van der Waals surface area contributed by atoms with Gasteiger partial charge in [0.25, 0.3) is 0 Å². The van der Waals surface area contributed by atoms with Gasteiger partial charge in [-0.2, -0.15) is 0 Å². The Kier molecular flexibility index (Phi) is 4.02. The zero-order valence-electron chi connectivity index (χ0n) is 8.39. The lowest BCUT2D eigenvalue weighted by atomic mass is 11.8. The van der Waals surface area contributed by atoms with Crippen molar-refractivity contribution in [1.29, 1.82) is 0 Å². The van der Waals surface area contributed by atoms with Gasteiger partial charge >= 0.3 is 0 Å². The first-order chi connectivity index (χ1) is 5.83. The molecule has 72 valence electrons. The molecule has 0 aromatic heterocycles. The van der Waals surface area contributed by atoms with Crippen molar-refractivity contribution in [1.82, 2.24) is 0 Å². The molecule has 0 rings (SSSR count). The van der Waals surface area contributed by atoms with Crippen molar-refractivity contribution < 1.29 is 0 Å². The Hall–Kier alpha value is -0.946. The van der Waals surface area contributed by atoms with Gasteiger partial charge in [-0.25, -0.2) is 0 Å². The molecule has 0 saturated heterocycles. The topological polar surface area (TPSA) is 97.5 Å². The zero-order valence-corrected chi connectivity index (χ0v) is 10.4. The Morgan fingerprint density at radius 1 is 0.923 bits per heavy atom. The molecule has 0 N–H and O–H groups in total. The fourth-order valence-corrected chi connectivity index (χ4v) is 10.9. The molecule has 0 bridgehead atoms. The molecule has 0 aromatic carbocycles. The molecule has 0 fully saturated rings. The second-order valence-electron chi connectivity index (χ2n) is 4.18. The predicted molar refractivity (Wildman–Crippen MR) is 58.1 cm³/mol. The predicted octanol–water partition coefficient (Wildman–Crippen LogP) is 3.56. The molecule has 0 aromatic rings. The maximum absolute atomic E-state index is 8.33. The van der Waals surface area contributed by atoms with Crippen molar-refractivity contribution in [3.8, 4) is 0 Å². The van der Waals surface area contributed by atoms with E-state index in [1.165, 1.54) is 0 Å². The van der Waals surface area contributed by atoms with Crippen LogP contribution in [0.3, 0.4) is 0 Å². The van der Waals surface area contributed by atoms with E-state index < -0.39 is 16.5 Å². The van der Waals surface area contributed by atoms with E-state index in [0.717, 1.165) is 5.67 Å². The van der Waals surface area contributed by atoms with Gasteiger partial charge in [0.05, 0.1) is 0 Å². The largest absolute Gasteiger partial charge is 0.147 e. The molecule has 0 aliphatic carbocycles. The lowest BCUT2D eigenvalue weighted by Crippen LogP contribution is -2.36. The summed E-state index contributed by atoms with van der Waals surface area (Å²) < 4.78 is 7.59. The molecule has 0 radical (unpaired) electrons. The van der Waals surface area contributed by atoms with Crippen LogP contribution in [0, 0.1) is 0 Å². The van der Waals surface area contributed by atoms with Crippen LogP contribution >= 0.6 is 0 Å². The van der Waals surface area contributed by atoms with Crippen molar-refractivity contribution in [3.05, 3.63) is 20.9 Å². The summed E-state index contributed by atoms with van der Waals surface area (Å²) in [7, 11) is -3.74. The van der Waals surface area contributed by atoms with Crippen LogP contribution in [-0.2, 0) is 0 Å². The summed E-state index contributed by atoms with van der Waals surface area (Å²) in [6.45, 7) is 7.92. The van der Waals surface area contributed by atoms with Gasteiger partial charge in [0.2, 0.25) is 0 Å². The van der Waals surface area contributed by atoms with E-state index in [1.54, 1.807) is 0 Å². The maximum Gasteiger partial charge on any atom is 0.147 e. The molecule has 0 atom stereocenters. The average molecular weight is 214 g/mol. The van der Waals surface area contributed by atoms with Crippen molar-refractivity contribution >= 4 is 16.5 Å². The fraction of sp³-hybridized carbons (Fsp3) is 1.00. The smallest absolute Gasteiger partial charge is 0.125 e. The summed E-state index contributed by atoms with van der Waals surface area (Å²) in [5, 5.41) is 0. The molecule has 0 unspecified atom stereocenters. The fourth-order valence-electron chi connectivity index (χ4n) is 1.37. The number of hydrogen-bond acceptors (Lipinski definition) is 2. The van der Waals surface area contributed by atoms with E-state index in [1.807, 2.05) is 26.2 Å². The first-order valence-electron chi connectivity index (χ1n) is 3.95. The quantitative estimate of drug-likeness (QED) is 0.296. The van der Waals surface area contributed by atoms with E-state index in [9.17, 15) is 0 Å². The van der Waals surface area contributed by atoms with Gasteiger partial charge in [0, 0.05) is 0 Å². The van der Waals surface area contributed by atoms with Crippen LogP contribution in [0.25, 0.3) is 20.9 Å². The molecule has 8 heteroatoms. The second-order valence-corrected chi connectivity index (χ2v) is 13.2. The highest BCUT2D eigenvalue weighted by atomic mass is 28.4. The third kappa shape index (κ3) is 5.32. The van der Waals surface area contributed by atoms with Crippen LogP contribution in [0.2, 0.25) is 31.9 Å². The van der Waals surface area contributed by atoms with Gasteiger partial charge in [-0.1, -0.05) is 31.9 Å². The first kappa shape index (κ1) is 12.1. The monoisotopic (exact) mass is 214 g/mol. The molecule has 0 amide bonds. The van der Waals surface area contributed by atoms with Crippen molar-refractivity contribution in [2.45, 2.75) is 31.9 Å². The van der Waals surface area contributed by atoms with Crippen molar-refractivity contribution in [3.63, 3.8) is 0 Å². The summed E-state index contributed by atoms with van der Waals surface area (Å²) in [6, 6.07) is 0. The standard InChI is InChI=1S/C5H14N6Si2/c1-12(2,10-8-6)5-13(3,4)11-9-7/h5H2,1-4H3. The molecule has 0 heterocycles. The minimum absolute atomic E-state index is 0.800. The lowest BCUT2D eigenvalue weighted by Gasteiger charge is -2.23. The van der Waals surface area contributed by atoms with E-state index in [0.29, 0.717) is 0 Å². The number of azide groups is 2. The van der Waals surface area contributed by atoms with Crippen LogP contribution in [0.15, 0.2) is 9.56 Å². The molecule has 0 spiro atoms. The van der Waals surface area contributed by atoms with Crippen molar-refractivity contribution in [2.24, 2.45) is 9.56 Å². The highest BCUT2D eigenvalue weighted by Gasteiger charge is 2.31. The Morgan fingerprint density at radius 2 is 1.23 bits per heavy atom. The van der Waals surface area contributed by atoms with Crippen LogP contribution in [0.5, 0.6) is 0 Å². The molecule has 13 heavy (non-hydrogen) atoms. The third-order valence-electron chi connectivity index (χ3n) is 1.50.